The molecule has 1 N–H and O–H groups in total. The van der Waals surface area contributed by atoms with Crippen LogP contribution in [-0.2, 0) is 0 Å². The molecule has 1 fully saturated rings. The van der Waals surface area contributed by atoms with Gasteiger partial charge in [-0.2, -0.15) is 0 Å². The van der Waals surface area contributed by atoms with Crippen LogP contribution < -0.4 is 10.1 Å². The molecule has 0 heterocycles. The summed E-state index contributed by atoms with van der Waals surface area (Å²) in [5, 5.41) is 3.69. The Morgan fingerprint density at radius 3 is 2.38 bits per heavy atom. The van der Waals surface area contributed by atoms with E-state index in [1.54, 1.807) is 7.11 Å². The highest BCUT2D eigenvalue weighted by Gasteiger charge is 2.17. The summed E-state index contributed by atoms with van der Waals surface area (Å²) in [6.07, 6.45) is 5.43. The molecule has 0 spiro atoms. The maximum atomic E-state index is 5.16. The number of nitrogens with one attached hydrogen (secondary N) is 1. The van der Waals surface area contributed by atoms with Crippen LogP contribution in [0.5, 0.6) is 5.75 Å². The van der Waals surface area contributed by atoms with Crippen LogP contribution in [0.15, 0.2) is 24.3 Å². The topological polar surface area (TPSA) is 21.3 Å². The minimum Gasteiger partial charge on any atom is -0.497 e. The van der Waals surface area contributed by atoms with Crippen molar-refractivity contribution in [1.29, 1.82) is 0 Å². The number of ether oxygens (including phenoxy) is 1. The van der Waals surface area contributed by atoms with E-state index in [2.05, 4.69) is 24.4 Å². The van der Waals surface area contributed by atoms with Gasteiger partial charge in [0.2, 0.25) is 0 Å². The minimum atomic E-state index is 0.439. The van der Waals surface area contributed by atoms with E-state index in [9.17, 15) is 0 Å². The van der Waals surface area contributed by atoms with Gasteiger partial charge in [0.25, 0.3) is 0 Å². The van der Waals surface area contributed by atoms with Gasteiger partial charge in [-0.1, -0.05) is 25.0 Å². The van der Waals surface area contributed by atoms with E-state index in [4.69, 9.17) is 4.74 Å². The molecule has 0 amide bonds. The number of benzene rings is 1. The fourth-order valence-electron chi connectivity index (χ4n) is 2.43. The second-order valence-electron chi connectivity index (χ2n) is 4.64. The molecule has 1 aliphatic carbocycles. The van der Waals surface area contributed by atoms with Crippen molar-refractivity contribution in [2.24, 2.45) is 0 Å². The molecule has 1 atom stereocenters. The van der Waals surface area contributed by atoms with E-state index in [1.165, 1.54) is 31.2 Å². The molecule has 1 aromatic rings. The maximum Gasteiger partial charge on any atom is 0.118 e. The van der Waals surface area contributed by atoms with Crippen LogP contribution in [-0.4, -0.2) is 13.2 Å². The van der Waals surface area contributed by atoms with Crippen molar-refractivity contribution < 1.29 is 4.74 Å². The predicted octanol–water partition coefficient (Wildman–Crippen LogP) is 3.29. The Hall–Kier alpha value is -1.02. The van der Waals surface area contributed by atoms with Gasteiger partial charge in [0, 0.05) is 12.1 Å². The lowest BCUT2D eigenvalue weighted by molar-refractivity contribution is 0.414. The summed E-state index contributed by atoms with van der Waals surface area (Å²) in [7, 11) is 1.70. The zero-order valence-electron chi connectivity index (χ0n) is 10.2. The van der Waals surface area contributed by atoms with E-state index in [0.29, 0.717) is 6.04 Å². The molecule has 1 unspecified atom stereocenters. The van der Waals surface area contributed by atoms with E-state index < -0.39 is 0 Å². The van der Waals surface area contributed by atoms with Crippen molar-refractivity contribution in [3.63, 3.8) is 0 Å². The first-order chi connectivity index (χ1) is 7.79. The third-order valence-electron chi connectivity index (χ3n) is 3.46. The Morgan fingerprint density at radius 1 is 1.19 bits per heavy atom. The van der Waals surface area contributed by atoms with Crippen LogP contribution in [0.4, 0.5) is 0 Å². The van der Waals surface area contributed by atoms with Gasteiger partial charge in [0.05, 0.1) is 7.11 Å². The van der Waals surface area contributed by atoms with Gasteiger partial charge in [0.15, 0.2) is 0 Å². The molecule has 0 bridgehead atoms. The van der Waals surface area contributed by atoms with Crippen LogP contribution in [0.2, 0.25) is 0 Å². The summed E-state index contributed by atoms with van der Waals surface area (Å²) in [6, 6.07) is 9.51. The van der Waals surface area contributed by atoms with E-state index in [-0.39, 0.29) is 0 Å². The lowest BCUT2D eigenvalue weighted by atomic mass is 10.1. The van der Waals surface area contributed by atoms with Crippen molar-refractivity contribution in [3.8, 4) is 5.75 Å². The second kappa shape index (κ2) is 5.35. The minimum absolute atomic E-state index is 0.439. The Bertz CT molecular complexity index is 314. The fraction of sp³-hybridized carbons (Fsp3) is 0.571. The molecule has 1 aromatic carbocycles. The monoisotopic (exact) mass is 219 g/mol. The summed E-state index contributed by atoms with van der Waals surface area (Å²) in [5.41, 5.74) is 1.34. The average Bonchev–Trinajstić information content (AvgIpc) is 2.82. The van der Waals surface area contributed by atoms with Crippen molar-refractivity contribution in [1.82, 2.24) is 5.32 Å². The number of hydrogen-bond donors (Lipinski definition) is 1. The van der Waals surface area contributed by atoms with E-state index >= 15 is 0 Å². The number of rotatable bonds is 4. The highest BCUT2D eigenvalue weighted by atomic mass is 16.5. The quantitative estimate of drug-likeness (QED) is 0.839. The third-order valence-corrected chi connectivity index (χ3v) is 3.46. The average molecular weight is 219 g/mol. The van der Waals surface area contributed by atoms with Crippen molar-refractivity contribution in [3.05, 3.63) is 29.8 Å². The fourth-order valence-corrected chi connectivity index (χ4v) is 2.43. The van der Waals surface area contributed by atoms with Gasteiger partial charge in [-0.15, -0.1) is 0 Å². The highest BCUT2D eigenvalue weighted by molar-refractivity contribution is 5.28. The van der Waals surface area contributed by atoms with Crippen LogP contribution in [0.3, 0.4) is 0 Å². The third kappa shape index (κ3) is 2.76. The molecule has 0 saturated heterocycles. The van der Waals surface area contributed by atoms with Gasteiger partial charge in [-0.05, 0) is 37.5 Å². The van der Waals surface area contributed by atoms with E-state index in [0.717, 1.165) is 11.8 Å². The Kier molecular flexibility index (Phi) is 3.83. The largest absolute Gasteiger partial charge is 0.497 e. The van der Waals surface area contributed by atoms with Crippen molar-refractivity contribution in [2.45, 2.75) is 44.7 Å². The predicted molar refractivity (Wildman–Crippen MR) is 66.8 cm³/mol. The van der Waals surface area contributed by atoms with Crippen molar-refractivity contribution >= 4 is 0 Å². The molecule has 2 heteroatoms. The molecular formula is C14H21NO. The molecule has 88 valence electrons. The first kappa shape index (κ1) is 11.5. The van der Waals surface area contributed by atoms with Crippen LogP contribution in [0.1, 0.15) is 44.2 Å². The molecule has 0 aromatic heterocycles. The van der Waals surface area contributed by atoms with Crippen molar-refractivity contribution in [2.75, 3.05) is 7.11 Å². The Labute approximate surface area is 98.0 Å². The molecular weight excluding hydrogens is 198 g/mol. The van der Waals surface area contributed by atoms with Crippen LogP contribution in [0, 0.1) is 0 Å². The summed E-state index contributed by atoms with van der Waals surface area (Å²) in [6.45, 7) is 2.24. The van der Waals surface area contributed by atoms with Gasteiger partial charge in [-0.25, -0.2) is 0 Å². The zero-order chi connectivity index (χ0) is 11.4. The lowest BCUT2D eigenvalue weighted by Gasteiger charge is -2.19. The first-order valence-electron chi connectivity index (χ1n) is 6.19. The summed E-state index contributed by atoms with van der Waals surface area (Å²) in [5.74, 6) is 0.928. The Morgan fingerprint density at radius 2 is 1.81 bits per heavy atom. The highest BCUT2D eigenvalue weighted by Crippen LogP contribution is 2.23. The summed E-state index contributed by atoms with van der Waals surface area (Å²) in [4.78, 5) is 0. The molecule has 1 saturated carbocycles. The standard InChI is InChI=1S/C14H21NO/c1-11(15-13-5-3-4-6-13)12-7-9-14(16-2)10-8-12/h7-11,13,15H,3-6H2,1-2H3. The lowest BCUT2D eigenvalue weighted by Crippen LogP contribution is -2.28. The van der Waals surface area contributed by atoms with Crippen LogP contribution in [0.25, 0.3) is 0 Å². The number of hydrogen-bond acceptors (Lipinski definition) is 2. The van der Waals surface area contributed by atoms with Gasteiger partial charge in [0.1, 0.15) is 5.75 Å². The number of methoxy groups -OCH3 is 1. The molecule has 2 rings (SSSR count). The normalized spacial score (nSPS) is 18.6. The van der Waals surface area contributed by atoms with Crippen LogP contribution >= 0.6 is 0 Å². The summed E-state index contributed by atoms with van der Waals surface area (Å²) < 4.78 is 5.16. The summed E-state index contributed by atoms with van der Waals surface area (Å²) >= 11 is 0. The molecule has 0 radical (unpaired) electrons. The molecule has 16 heavy (non-hydrogen) atoms. The SMILES string of the molecule is COc1ccc(C(C)NC2CCCC2)cc1. The molecule has 1 aliphatic rings. The zero-order valence-corrected chi connectivity index (χ0v) is 10.2. The van der Waals surface area contributed by atoms with Gasteiger partial charge in [-0.3, -0.25) is 0 Å². The van der Waals surface area contributed by atoms with E-state index in [1.807, 2.05) is 12.1 Å². The van der Waals surface area contributed by atoms with Gasteiger partial charge < -0.3 is 10.1 Å². The first-order valence-corrected chi connectivity index (χ1v) is 6.19. The molecule has 2 nitrogen and oxygen atoms in total. The van der Waals surface area contributed by atoms with Gasteiger partial charge >= 0.3 is 0 Å². The smallest absolute Gasteiger partial charge is 0.118 e. The molecule has 0 aliphatic heterocycles. The maximum absolute atomic E-state index is 5.16. The Balaban J connectivity index is 1.94. The second-order valence-corrected chi connectivity index (χ2v) is 4.64.